The number of fused-ring (bicyclic) bond motifs is 1. The third kappa shape index (κ3) is 4.68. The molecule has 0 spiro atoms. The Bertz CT molecular complexity index is 810. The minimum absolute atomic E-state index is 0.160. The summed E-state index contributed by atoms with van der Waals surface area (Å²) in [6, 6.07) is 2.54. The number of nitrogens with one attached hydrogen (secondary N) is 1. The zero-order valence-electron chi connectivity index (χ0n) is 15.0. The molecule has 0 aliphatic carbocycles. The van der Waals surface area contributed by atoms with Crippen molar-refractivity contribution in [3.05, 3.63) is 35.9 Å². The first-order valence-electron chi connectivity index (χ1n) is 8.54. The molecule has 0 unspecified atom stereocenters. The summed E-state index contributed by atoms with van der Waals surface area (Å²) in [5.74, 6) is 0. The zero-order chi connectivity index (χ0) is 18.0. The molecule has 2 aromatic rings. The van der Waals surface area contributed by atoms with Crippen molar-refractivity contribution in [3.63, 3.8) is 0 Å². The van der Waals surface area contributed by atoms with Crippen LogP contribution >= 0.6 is 0 Å². The van der Waals surface area contributed by atoms with Crippen molar-refractivity contribution in [2.24, 2.45) is 0 Å². The van der Waals surface area contributed by atoms with Crippen molar-refractivity contribution in [1.82, 2.24) is 29.2 Å². The molecule has 3 rings (SSSR count). The van der Waals surface area contributed by atoms with Crippen LogP contribution in [-0.2, 0) is 23.1 Å². The van der Waals surface area contributed by atoms with Gasteiger partial charge in [0.05, 0.1) is 24.2 Å². The monoisotopic (exact) mass is 366 g/mol. The number of nitrogens with zero attached hydrogens (tertiary/aromatic N) is 5. The van der Waals surface area contributed by atoms with E-state index in [4.69, 9.17) is 0 Å². The molecule has 25 heavy (non-hydrogen) atoms. The van der Waals surface area contributed by atoms with Gasteiger partial charge in [0, 0.05) is 50.2 Å². The van der Waals surface area contributed by atoms with Crippen LogP contribution in [-0.4, -0.2) is 52.2 Å². The van der Waals surface area contributed by atoms with Gasteiger partial charge in [-0.05, 0) is 26.3 Å². The first-order chi connectivity index (χ1) is 11.8. The van der Waals surface area contributed by atoms with Gasteiger partial charge in [0.15, 0.2) is 0 Å². The lowest BCUT2D eigenvalue weighted by atomic mass is 10.1. The van der Waals surface area contributed by atoms with Crippen LogP contribution < -0.4 is 4.72 Å². The van der Waals surface area contributed by atoms with E-state index in [-0.39, 0.29) is 6.04 Å². The van der Waals surface area contributed by atoms with Gasteiger partial charge in [-0.3, -0.25) is 14.3 Å². The van der Waals surface area contributed by atoms with Gasteiger partial charge in [0.1, 0.15) is 0 Å². The Morgan fingerprint density at radius 3 is 2.84 bits per heavy atom. The standard InChI is InChI=1S/C16H26N6O2S/c1-13(2)21-10-14(8-18-21)9-20-11-15-4-6-17-22(15)16(12-20)5-7-19-25(3,23)24/h4,6,8,10,13,16,19H,5,7,9,11-12H2,1-3H3/t16-/m1/s1. The first kappa shape index (κ1) is 18.1. The lowest BCUT2D eigenvalue weighted by Gasteiger charge is -2.33. The van der Waals surface area contributed by atoms with Crippen LogP contribution in [0, 0.1) is 0 Å². The molecule has 1 N–H and O–H groups in total. The molecule has 2 aromatic heterocycles. The molecule has 1 aliphatic heterocycles. The second-order valence-corrected chi connectivity index (χ2v) is 8.80. The van der Waals surface area contributed by atoms with E-state index < -0.39 is 10.0 Å². The highest BCUT2D eigenvalue weighted by molar-refractivity contribution is 7.88. The van der Waals surface area contributed by atoms with Crippen molar-refractivity contribution in [1.29, 1.82) is 0 Å². The maximum absolute atomic E-state index is 11.3. The Hall–Kier alpha value is -1.71. The summed E-state index contributed by atoms with van der Waals surface area (Å²) in [5.41, 5.74) is 2.35. The Kier molecular flexibility index (Phi) is 5.26. The predicted octanol–water partition coefficient (Wildman–Crippen LogP) is 1.16. The molecule has 3 heterocycles. The topological polar surface area (TPSA) is 85.0 Å². The maximum Gasteiger partial charge on any atom is 0.208 e. The number of aromatic nitrogens is 4. The molecule has 1 aliphatic rings. The summed E-state index contributed by atoms with van der Waals surface area (Å²) >= 11 is 0. The molecular weight excluding hydrogens is 340 g/mol. The quantitative estimate of drug-likeness (QED) is 0.795. The Labute approximate surface area is 148 Å². The fourth-order valence-electron chi connectivity index (χ4n) is 3.21. The van der Waals surface area contributed by atoms with E-state index in [0.717, 1.165) is 25.3 Å². The number of rotatable bonds is 7. The summed E-state index contributed by atoms with van der Waals surface area (Å²) < 4.78 is 29.1. The van der Waals surface area contributed by atoms with E-state index in [1.54, 1.807) is 0 Å². The molecule has 0 radical (unpaired) electrons. The van der Waals surface area contributed by atoms with E-state index in [2.05, 4.69) is 39.9 Å². The van der Waals surface area contributed by atoms with Gasteiger partial charge in [-0.1, -0.05) is 0 Å². The Morgan fingerprint density at radius 1 is 1.36 bits per heavy atom. The second-order valence-electron chi connectivity index (χ2n) is 6.97. The van der Waals surface area contributed by atoms with Crippen LogP contribution in [0.4, 0.5) is 0 Å². The molecule has 8 nitrogen and oxygen atoms in total. The Balaban J connectivity index is 1.66. The van der Waals surface area contributed by atoms with Gasteiger partial charge in [0.2, 0.25) is 10.0 Å². The van der Waals surface area contributed by atoms with Crippen molar-refractivity contribution in [3.8, 4) is 0 Å². The summed E-state index contributed by atoms with van der Waals surface area (Å²) in [4.78, 5) is 2.36. The number of hydrogen-bond donors (Lipinski definition) is 1. The highest BCUT2D eigenvalue weighted by Gasteiger charge is 2.25. The maximum atomic E-state index is 11.3. The van der Waals surface area contributed by atoms with E-state index in [1.807, 2.05) is 27.8 Å². The molecule has 0 amide bonds. The SMILES string of the molecule is CC(C)n1cc(CN2Cc3ccnn3[C@H](CCNS(C)(=O)=O)C2)cn1. The minimum atomic E-state index is -3.16. The predicted molar refractivity (Wildman–Crippen MR) is 95.5 cm³/mol. The van der Waals surface area contributed by atoms with E-state index in [9.17, 15) is 8.42 Å². The molecule has 0 saturated heterocycles. The normalized spacial score (nSPS) is 18.6. The number of sulfonamides is 1. The van der Waals surface area contributed by atoms with Gasteiger partial charge in [-0.15, -0.1) is 0 Å². The lowest BCUT2D eigenvalue weighted by Crippen LogP contribution is -2.38. The number of hydrogen-bond acceptors (Lipinski definition) is 5. The minimum Gasteiger partial charge on any atom is -0.291 e. The molecule has 1 atom stereocenters. The van der Waals surface area contributed by atoms with Crippen molar-refractivity contribution >= 4 is 10.0 Å². The summed E-state index contributed by atoms with van der Waals surface area (Å²) in [6.07, 6.45) is 7.73. The van der Waals surface area contributed by atoms with Crippen LogP contribution in [0.3, 0.4) is 0 Å². The smallest absolute Gasteiger partial charge is 0.208 e. The first-order valence-corrected chi connectivity index (χ1v) is 10.4. The molecule has 9 heteroatoms. The van der Waals surface area contributed by atoms with Crippen LogP contribution in [0.5, 0.6) is 0 Å². The molecule has 138 valence electrons. The van der Waals surface area contributed by atoms with Gasteiger partial charge in [-0.2, -0.15) is 10.2 Å². The molecule has 0 aromatic carbocycles. The van der Waals surface area contributed by atoms with Crippen molar-refractivity contribution in [2.45, 2.75) is 45.4 Å². The zero-order valence-corrected chi connectivity index (χ0v) is 15.8. The van der Waals surface area contributed by atoms with Crippen molar-refractivity contribution < 1.29 is 8.42 Å². The largest absolute Gasteiger partial charge is 0.291 e. The van der Waals surface area contributed by atoms with Crippen LogP contribution in [0.15, 0.2) is 24.7 Å². The summed E-state index contributed by atoms with van der Waals surface area (Å²) in [5, 5.41) is 8.83. The molecule has 0 saturated carbocycles. The third-order valence-corrected chi connectivity index (χ3v) is 5.11. The average molecular weight is 366 g/mol. The fourth-order valence-corrected chi connectivity index (χ4v) is 3.70. The summed E-state index contributed by atoms with van der Waals surface area (Å²) in [6.45, 7) is 7.15. The van der Waals surface area contributed by atoms with E-state index in [0.29, 0.717) is 19.0 Å². The van der Waals surface area contributed by atoms with Crippen molar-refractivity contribution in [2.75, 3.05) is 19.3 Å². The van der Waals surface area contributed by atoms with Gasteiger partial charge >= 0.3 is 0 Å². The molecule has 0 fully saturated rings. The van der Waals surface area contributed by atoms with Gasteiger partial charge in [0.25, 0.3) is 0 Å². The fraction of sp³-hybridized carbons (Fsp3) is 0.625. The summed E-state index contributed by atoms with van der Waals surface area (Å²) in [7, 11) is -3.16. The van der Waals surface area contributed by atoms with E-state index in [1.165, 1.54) is 11.8 Å². The third-order valence-electron chi connectivity index (χ3n) is 4.38. The Morgan fingerprint density at radius 2 is 2.16 bits per heavy atom. The van der Waals surface area contributed by atoms with Gasteiger partial charge < -0.3 is 0 Å². The second kappa shape index (κ2) is 7.27. The van der Waals surface area contributed by atoms with Gasteiger partial charge in [-0.25, -0.2) is 13.1 Å². The highest BCUT2D eigenvalue weighted by atomic mass is 32.2. The van der Waals surface area contributed by atoms with Crippen LogP contribution in [0.25, 0.3) is 0 Å². The van der Waals surface area contributed by atoms with Crippen LogP contribution in [0.2, 0.25) is 0 Å². The average Bonchev–Trinajstić information content (AvgIpc) is 3.14. The molecular formula is C16H26N6O2S. The molecule has 0 bridgehead atoms. The van der Waals surface area contributed by atoms with Crippen LogP contribution in [0.1, 0.15) is 43.6 Å². The highest BCUT2D eigenvalue weighted by Crippen LogP contribution is 2.24. The lowest BCUT2D eigenvalue weighted by molar-refractivity contribution is 0.162. The van der Waals surface area contributed by atoms with E-state index >= 15 is 0 Å².